The molecule has 0 radical (unpaired) electrons. The largest absolute Gasteiger partial charge is 1.00 e. The zero-order chi connectivity index (χ0) is 36.2. The number of hydrogen-bond acceptors (Lipinski definition) is 8. The molecule has 2 saturated carbocycles. The van der Waals surface area contributed by atoms with Crippen molar-refractivity contribution in [2.75, 3.05) is 33.3 Å². The fraction of sp³-hybridized carbons (Fsp3) is 0.600. The Kier molecular flexibility index (Phi) is 15.6. The minimum atomic E-state index is -1.02. The zero-order valence-electron chi connectivity index (χ0n) is 30.9. The van der Waals surface area contributed by atoms with Crippen LogP contribution in [0.3, 0.4) is 0 Å². The quantitative estimate of drug-likeness (QED) is 0.0961. The van der Waals surface area contributed by atoms with Crippen LogP contribution in [0.4, 0.5) is 9.59 Å². The number of ether oxygens (including phenoxy) is 2. The summed E-state index contributed by atoms with van der Waals surface area (Å²) in [6.07, 6.45) is 10.3. The second-order valence-corrected chi connectivity index (χ2v) is 15.4. The van der Waals surface area contributed by atoms with Crippen molar-refractivity contribution in [2.24, 2.45) is 11.3 Å². The second-order valence-electron chi connectivity index (χ2n) is 15.4. The number of alkyl carbamates (subject to hydrolysis) is 2. The fourth-order valence-electron chi connectivity index (χ4n) is 7.42. The van der Waals surface area contributed by atoms with Gasteiger partial charge in [0.25, 0.3) is 0 Å². The van der Waals surface area contributed by atoms with Crippen LogP contribution in [-0.4, -0.2) is 67.6 Å². The smallest absolute Gasteiger partial charge is 0.407 e. The van der Waals surface area contributed by atoms with Crippen LogP contribution >= 0.6 is 0 Å². The average Bonchev–Trinajstić information content (AvgIpc) is 3.13. The summed E-state index contributed by atoms with van der Waals surface area (Å²) >= 11 is 0. The number of hydrogen-bond donors (Lipinski definition) is 2. The molecule has 2 aliphatic carbocycles. The lowest BCUT2D eigenvalue weighted by Crippen LogP contribution is -3.00. The first-order chi connectivity index (χ1) is 24.5. The summed E-state index contributed by atoms with van der Waals surface area (Å²) in [5, 5.41) is 5.63. The maximum Gasteiger partial charge on any atom is 0.407 e. The first-order valence-electron chi connectivity index (χ1n) is 18.5. The van der Waals surface area contributed by atoms with E-state index in [9.17, 15) is 9.59 Å². The van der Waals surface area contributed by atoms with Crippen LogP contribution in [-0.2, 0) is 42.1 Å². The maximum absolute atomic E-state index is 12.7. The van der Waals surface area contributed by atoms with Crippen molar-refractivity contribution >= 4 is 12.2 Å². The van der Waals surface area contributed by atoms with E-state index in [0.29, 0.717) is 70.6 Å². The third-order valence-corrected chi connectivity index (χ3v) is 10.6. The summed E-state index contributed by atoms with van der Waals surface area (Å²) in [6.45, 7) is 8.17. The Morgan fingerprint density at radius 1 is 0.827 bits per heavy atom. The van der Waals surface area contributed by atoms with Crippen LogP contribution in [0.1, 0.15) is 89.2 Å². The Hall–Kier alpha value is -2.93. The highest BCUT2D eigenvalue weighted by atomic mass is 127. The van der Waals surface area contributed by atoms with E-state index < -0.39 is 23.8 Å². The molecule has 2 aromatic carbocycles. The number of quaternary nitrogens is 1. The molecule has 1 saturated heterocycles. The number of benzene rings is 2. The van der Waals surface area contributed by atoms with Gasteiger partial charge in [0.05, 0.1) is 20.2 Å². The van der Waals surface area contributed by atoms with Gasteiger partial charge in [0.1, 0.15) is 19.2 Å². The van der Waals surface area contributed by atoms with Crippen molar-refractivity contribution in [3.63, 3.8) is 0 Å². The Labute approximate surface area is 326 Å². The number of halogens is 1. The van der Waals surface area contributed by atoms with Crippen molar-refractivity contribution in [2.45, 2.75) is 109 Å². The minimum Gasteiger partial charge on any atom is -1.00 e. The van der Waals surface area contributed by atoms with Gasteiger partial charge < -0.3 is 48.6 Å². The lowest BCUT2D eigenvalue weighted by molar-refractivity contribution is -0.935. The molecule has 5 rings (SSSR count). The van der Waals surface area contributed by atoms with Crippen molar-refractivity contribution in [1.29, 1.82) is 0 Å². The van der Waals surface area contributed by atoms with Crippen molar-refractivity contribution in [3.8, 4) is 12.3 Å². The highest BCUT2D eigenvalue weighted by Gasteiger charge is 2.53. The van der Waals surface area contributed by atoms with Gasteiger partial charge in [0.2, 0.25) is 11.6 Å². The Morgan fingerprint density at radius 3 is 1.85 bits per heavy atom. The number of carbonyl (C=O) groups excluding carboxylic acids is 2. The van der Waals surface area contributed by atoms with Gasteiger partial charge in [-0.2, -0.15) is 19.6 Å². The molecule has 12 heteroatoms. The SMILES string of the molecule is C#CCCNC(=O)OCC(C)(C)C1CCC2(CC1)OOC1(CCC(OC(=O)NCCC[N+](C)(Cc3ccccc3)Cc3ccccc3)CC1)OO2.[I-]. The molecule has 2 N–H and O–H groups in total. The van der Waals surface area contributed by atoms with Crippen molar-refractivity contribution in [3.05, 3.63) is 71.8 Å². The van der Waals surface area contributed by atoms with Gasteiger partial charge in [-0.1, -0.05) is 74.5 Å². The molecule has 11 nitrogen and oxygen atoms in total. The predicted molar refractivity (Wildman–Crippen MR) is 191 cm³/mol. The first kappa shape index (κ1) is 41.8. The number of rotatable bonds is 14. The summed E-state index contributed by atoms with van der Waals surface area (Å²) < 4.78 is 12.1. The van der Waals surface area contributed by atoms with Gasteiger partial charge >= 0.3 is 12.2 Å². The molecule has 286 valence electrons. The molecular weight excluding hydrogens is 777 g/mol. The molecule has 1 aliphatic heterocycles. The monoisotopic (exact) mass is 833 g/mol. The van der Waals surface area contributed by atoms with Gasteiger partial charge in [0.15, 0.2) is 0 Å². The Balaban J connectivity index is 0.00000605. The van der Waals surface area contributed by atoms with E-state index in [1.54, 1.807) is 0 Å². The van der Waals surface area contributed by atoms with E-state index in [2.05, 4.69) is 86.0 Å². The highest BCUT2D eigenvalue weighted by molar-refractivity contribution is 5.67. The van der Waals surface area contributed by atoms with E-state index in [1.807, 2.05) is 12.1 Å². The lowest BCUT2D eigenvalue weighted by atomic mass is 9.70. The molecule has 3 fully saturated rings. The molecule has 0 aromatic heterocycles. The van der Waals surface area contributed by atoms with Crippen LogP contribution in [0, 0.1) is 23.7 Å². The fourth-order valence-corrected chi connectivity index (χ4v) is 7.42. The molecule has 0 bridgehead atoms. The van der Waals surface area contributed by atoms with Crippen LogP contribution in [0.2, 0.25) is 0 Å². The van der Waals surface area contributed by atoms with E-state index in [4.69, 9.17) is 35.4 Å². The van der Waals surface area contributed by atoms with Gasteiger partial charge in [-0.15, -0.1) is 12.3 Å². The van der Waals surface area contributed by atoms with Gasteiger partial charge in [-0.3, -0.25) is 0 Å². The van der Waals surface area contributed by atoms with Crippen LogP contribution < -0.4 is 34.6 Å². The standard InChI is InChI=1S/C40H55N3O8.HI/c1-5-6-26-41-36(44)46-31-38(2,3)34-18-22-39(23-19-34)48-50-40(51-49-39)24-20-35(21-25-40)47-37(45)42-27-13-28-43(4,29-32-14-9-7-10-15-32)30-33-16-11-8-12-17-33;/h1,7-12,14-17,34-35H,6,13,18-31H2,2-4H3,(H-,41,42,44,45);1H. The lowest BCUT2D eigenvalue weighted by Gasteiger charge is -2.48. The Bertz CT molecular complexity index is 1380. The second kappa shape index (κ2) is 19.4. The van der Waals surface area contributed by atoms with Gasteiger partial charge in [-0.05, 0) is 31.6 Å². The number of nitrogens with zero attached hydrogens (tertiary/aromatic N) is 1. The summed E-state index contributed by atoms with van der Waals surface area (Å²) in [6, 6.07) is 21.1. The van der Waals surface area contributed by atoms with Gasteiger partial charge in [-0.25, -0.2) is 9.59 Å². The highest BCUT2D eigenvalue weighted by Crippen LogP contribution is 2.48. The van der Waals surface area contributed by atoms with Crippen LogP contribution in [0.25, 0.3) is 0 Å². The molecule has 2 spiro atoms. The minimum absolute atomic E-state index is 0. The summed E-state index contributed by atoms with van der Waals surface area (Å²) in [7, 11) is 2.28. The van der Waals surface area contributed by atoms with Crippen LogP contribution in [0.5, 0.6) is 0 Å². The molecule has 2 aromatic rings. The van der Waals surface area contributed by atoms with Crippen LogP contribution in [0.15, 0.2) is 60.7 Å². The molecule has 1 heterocycles. The number of amides is 2. The third-order valence-electron chi connectivity index (χ3n) is 10.6. The normalized spacial score (nSPS) is 24.7. The van der Waals surface area contributed by atoms with E-state index in [0.717, 1.165) is 43.4 Å². The molecule has 52 heavy (non-hydrogen) atoms. The maximum atomic E-state index is 12.7. The van der Waals surface area contributed by atoms with E-state index >= 15 is 0 Å². The van der Waals surface area contributed by atoms with E-state index in [1.165, 1.54) is 11.1 Å². The van der Waals surface area contributed by atoms with Gasteiger partial charge in [0, 0.05) is 68.2 Å². The molecule has 2 amide bonds. The topological polar surface area (TPSA) is 114 Å². The molecule has 0 atom stereocenters. The van der Waals surface area contributed by atoms with E-state index in [-0.39, 0.29) is 35.5 Å². The van der Waals surface area contributed by atoms with Crippen molar-refractivity contribution in [1.82, 2.24) is 10.6 Å². The summed E-state index contributed by atoms with van der Waals surface area (Å²) in [4.78, 5) is 48.3. The predicted octanol–water partition coefficient (Wildman–Crippen LogP) is 4.16. The molecule has 0 unspecified atom stereocenters. The molecular formula is C40H56IN3O8. The summed E-state index contributed by atoms with van der Waals surface area (Å²) in [5.41, 5.74) is 2.37. The number of terminal acetylenes is 1. The van der Waals surface area contributed by atoms with Crippen molar-refractivity contribution < 1.29 is 67.1 Å². The molecule has 3 aliphatic rings. The zero-order valence-corrected chi connectivity index (χ0v) is 33.1. The first-order valence-corrected chi connectivity index (χ1v) is 18.5. The Morgan fingerprint density at radius 2 is 1.33 bits per heavy atom. The number of carbonyl (C=O) groups is 2. The number of nitrogens with one attached hydrogen (secondary N) is 2. The summed E-state index contributed by atoms with van der Waals surface area (Å²) in [5.74, 6) is 0.812. The third kappa shape index (κ3) is 12.3. The average molecular weight is 834 g/mol.